The summed E-state index contributed by atoms with van der Waals surface area (Å²) in [4.78, 5) is 26.0. The van der Waals surface area contributed by atoms with E-state index in [1.165, 1.54) is 11.3 Å². The van der Waals surface area contributed by atoms with E-state index >= 15 is 0 Å². The van der Waals surface area contributed by atoms with Gasteiger partial charge in [-0.1, -0.05) is 6.07 Å². The van der Waals surface area contributed by atoms with Gasteiger partial charge in [-0.25, -0.2) is 4.79 Å². The first-order valence-electron chi connectivity index (χ1n) is 7.15. The van der Waals surface area contributed by atoms with E-state index in [2.05, 4.69) is 6.07 Å². The number of carbonyl (C=O) groups excluding carboxylic acids is 2. The Kier molecular flexibility index (Phi) is 4.81. The number of ketones is 1. The van der Waals surface area contributed by atoms with Gasteiger partial charge in [0, 0.05) is 10.4 Å². The molecule has 0 spiro atoms. The molecule has 1 heterocycles. The third-order valence-electron chi connectivity index (χ3n) is 3.92. The highest BCUT2D eigenvalue weighted by atomic mass is 32.1. The highest BCUT2D eigenvalue weighted by Crippen LogP contribution is 2.22. The number of esters is 1. The number of rotatable bonds is 4. The van der Waals surface area contributed by atoms with E-state index in [4.69, 9.17) is 4.74 Å². The van der Waals surface area contributed by atoms with Crippen LogP contribution in [0.25, 0.3) is 0 Å². The Balaban J connectivity index is 2.15. The van der Waals surface area contributed by atoms with Crippen LogP contribution < -0.4 is 0 Å². The van der Waals surface area contributed by atoms with Gasteiger partial charge < -0.3 is 4.74 Å². The van der Waals surface area contributed by atoms with Crippen LogP contribution in [0.5, 0.6) is 0 Å². The summed E-state index contributed by atoms with van der Waals surface area (Å²) in [6.07, 6.45) is 0. The molecule has 0 radical (unpaired) electrons. The molecule has 0 N–H and O–H groups in total. The average Bonchev–Trinajstić information content (AvgIpc) is 2.89. The van der Waals surface area contributed by atoms with Gasteiger partial charge in [-0.2, -0.15) is 0 Å². The highest BCUT2D eigenvalue weighted by Gasteiger charge is 2.18. The second-order valence-corrected chi connectivity index (χ2v) is 6.83. The number of ether oxygens (including phenoxy) is 1. The lowest BCUT2D eigenvalue weighted by molar-refractivity contribution is 0.0479. The molecule has 22 heavy (non-hydrogen) atoms. The fourth-order valence-corrected chi connectivity index (χ4v) is 3.22. The van der Waals surface area contributed by atoms with Crippen molar-refractivity contribution in [1.29, 1.82) is 0 Å². The van der Waals surface area contributed by atoms with Gasteiger partial charge >= 0.3 is 5.97 Å². The van der Waals surface area contributed by atoms with E-state index in [1.807, 2.05) is 40.7 Å². The molecular weight excluding hydrogens is 296 g/mol. The molecule has 0 saturated heterocycles. The smallest absolute Gasteiger partial charge is 0.348 e. The minimum Gasteiger partial charge on any atom is -0.453 e. The summed E-state index contributed by atoms with van der Waals surface area (Å²) in [7, 11) is 0. The SMILES string of the molecule is Cc1ccc(C(=O)OCC(=O)c2c(C)c(C)cc(C)c2C)s1. The number of benzene rings is 1. The van der Waals surface area contributed by atoms with Gasteiger partial charge in [0.2, 0.25) is 5.78 Å². The third-order valence-corrected chi connectivity index (χ3v) is 4.90. The summed E-state index contributed by atoms with van der Waals surface area (Å²) < 4.78 is 5.17. The lowest BCUT2D eigenvalue weighted by Gasteiger charge is -2.14. The second kappa shape index (κ2) is 6.44. The standard InChI is InChI=1S/C18H20O3S/c1-10-8-11(2)14(5)17(13(10)4)15(19)9-21-18(20)16-7-6-12(3)22-16/h6-8H,9H2,1-5H3. The van der Waals surface area contributed by atoms with Crippen molar-refractivity contribution >= 4 is 23.1 Å². The van der Waals surface area contributed by atoms with E-state index in [0.29, 0.717) is 10.4 Å². The van der Waals surface area contributed by atoms with Crippen LogP contribution in [0.3, 0.4) is 0 Å². The number of thiophene rings is 1. The Morgan fingerprint density at radius 2 is 1.59 bits per heavy atom. The van der Waals surface area contributed by atoms with Crippen molar-refractivity contribution in [2.75, 3.05) is 6.61 Å². The van der Waals surface area contributed by atoms with E-state index in [9.17, 15) is 9.59 Å². The molecule has 4 heteroatoms. The Morgan fingerprint density at radius 3 is 2.09 bits per heavy atom. The Labute approximate surface area is 134 Å². The lowest BCUT2D eigenvalue weighted by Crippen LogP contribution is -2.16. The van der Waals surface area contributed by atoms with E-state index in [1.54, 1.807) is 6.07 Å². The molecule has 0 aliphatic carbocycles. The van der Waals surface area contributed by atoms with Gasteiger partial charge in [-0.05, 0) is 69.0 Å². The molecule has 2 rings (SSSR count). The van der Waals surface area contributed by atoms with Gasteiger partial charge in [0.15, 0.2) is 6.61 Å². The van der Waals surface area contributed by atoms with Crippen molar-refractivity contribution in [3.63, 3.8) is 0 Å². The predicted molar refractivity (Wildman–Crippen MR) is 89.1 cm³/mol. The molecule has 0 aliphatic rings. The minimum atomic E-state index is -0.439. The van der Waals surface area contributed by atoms with Gasteiger partial charge in [0.05, 0.1) is 0 Å². The predicted octanol–water partition coefficient (Wildman–Crippen LogP) is 4.33. The molecule has 0 saturated carbocycles. The maximum Gasteiger partial charge on any atom is 0.348 e. The summed E-state index contributed by atoms with van der Waals surface area (Å²) >= 11 is 1.37. The van der Waals surface area contributed by atoms with Crippen LogP contribution >= 0.6 is 11.3 Å². The highest BCUT2D eigenvalue weighted by molar-refractivity contribution is 7.13. The zero-order valence-corrected chi connectivity index (χ0v) is 14.4. The van der Waals surface area contributed by atoms with Gasteiger partial charge in [0.1, 0.15) is 4.88 Å². The maximum atomic E-state index is 12.5. The number of Topliss-reactive ketones (excluding diaryl/α,β-unsaturated/α-hetero) is 1. The van der Waals surface area contributed by atoms with Crippen LogP contribution in [0.4, 0.5) is 0 Å². The molecule has 1 aromatic carbocycles. The molecule has 3 nitrogen and oxygen atoms in total. The van der Waals surface area contributed by atoms with Crippen LogP contribution in [0.1, 0.15) is 47.2 Å². The molecule has 116 valence electrons. The molecule has 0 aliphatic heterocycles. The number of aryl methyl sites for hydroxylation is 3. The first-order chi connectivity index (χ1) is 10.3. The second-order valence-electron chi connectivity index (χ2n) is 5.54. The van der Waals surface area contributed by atoms with E-state index in [0.717, 1.165) is 27.1 Å². The molecule has 0 atom stereocenters. The Morgan fingerprint density at radius 1 is 1.00 bits per heavy atom. The summed E-state index contributed by atoms with van der Waals surface area (Å²) in [6.45, 7) is 9.53. The number of hydrogen-bond donors (Lipinski definition) is 0. The quantitative estimate of drug-likeness (QED) is 0.623. The summed E-state index contributed by atoms with van der Waals surface area (Å²) in [5, 5.41) is 0. The largest absolute Gasteiger partial charge is 0.453 e. The molecule has 1 aromatic heterocycles. The molecule has 0 fully saturated rings. The Hall–Kier alpha value is -1.94. The normalized spacial score (nSPS) is 10.6. The van der Waals surface area contributed by atoms with Gasteiger partial charge in [-0.3, -0.25) is 4.79 Å². The van der Waals surface area contributed by atoms with E-state index < -0.39 is 5.97 Å². The van der Waals surface area contributed by atoms with Crippen LogP contribution in [-0.2, 0) is 4.74 Å². The fourth-order valence-electron chi connectivity index (χ4n) is 2.45. The maximum absolute atomic E-state index is 12.5. The summed E-state index contributed by atoms with van der Waals surface area (Å²) in [5.41, 5.74) is 4.73. The van der Waals surface area contributed by atoms with Crippen molar-refractivity contribution in [3.8, 4) is 0 Å². The van der Waals surface area contributed by atoms with Crippen LogP contribution in [-0.4, -0.2) is 18.4 Å². The third kappa shape index (κ3) is 3.28. The Bertz CT molecular complexity index is 715. The van der Waals surface area contributed by atoms with Crippen molar-refractivity contribution in [2.24, 2.45) is 0 Å². The van der Waals surface area contributed by atoms with Crippen molar-refractivity contribution < 1.29 is 14.3 Å². The van der Waals surface area contributed by atoms with Gasteiger partial charge in [-0.15, -0.1) is 11.3 Å². The molecule has 0 amide bonds. The number of carbonyl (C=O) groups is 2. The average molecular weight is 316 g/mol. The van der Waals surface area contributed by atoms with Crippen molar-refractivity contribution in [2.45, 2.75) is 34.6 Å². The van der Waals surface area contributed by atoms with Crippen molar-refractivity contribution in [3.05, 3.63) is 55.8 Å². The monoisotopic (exact) mass is 316 g/mol. The summed E-state index contributed by atoms with van der Waals surface area (Å²) in [5.74, 6) is -0.588. The number of hydrogen-bond acceptors (Lipinski definition) is 4. The summed E-state index contributed by atoms with van der Waals surface area (Å²) in [6, 6.07) is 5.66. The topological polar surface area (TPSA) is 43.4 Å². The van der Waals surface area contributed by atoms with Crippen LogP contribution in [0.2, 0.25) is 0 Å². The lowest BCUT2D eigenvalue weighted by atomic mass is 9.92. The molecule has 0 unspecified atom stereocenters. The first-order valence-corrected chi connectivity index (χ1v) is 7.97. The zero-order valence-electron chi connectivity index (χ0n) is 13.6. The van der Waals surface area contributed by atoms with Gasteiger partial charge in [0.25, 0.3) is 0 Å². The molecule has 0 bridgehead atoms. The zero-order chi connectivity index (χ0) is 16.4. The fraction of sp³-hybridized carbons (Fsp3) is 0.333. The minimum absolute atomic E-state index is 0.150. The first kappa shape index (κ1) is 16.4. The van der Waals surface area contributed by atoms with Crippen LogP contribution in [0.15, 0.2) is 18.2 Å². The molecular formula is C18H20O3S. The molecule has 2 aromatic rings. The van der Waals surface area contributed by atoms with Crippen molar-refractivity contribution in [1.82, 2.24) is 0 Å². The van der Waals surface area contributed by atoms with Crippen LogP contribution in [0, 0.1) is 34.6 Å². The van der Waals surface area contributed by atoms with E-state index in [-0.39, 0.29) is 12.4 Å².